The van der Waals surface area contributed by atoms with Gasteiger partial charge >= 0.3 is 5.97 Å². The number of aliphatic carboxylic acids is 1. The van der Waals surface area contributed by atoms with Gasteiger partial charge in [0, 0.05) is 11.0 Å². The maximum Gasteiger partial charge on any atom is 0.315 e. The van der Waals surface area contributed by atoms with Crippen molar-refractivity contribution in [1.29, 1.82) is 0 Å². The predicted octanol–water partition coefficient (Wildman–Crippen LogP) is 1.84. The molecule has 0 fully saturated rings. The Kier molecular flexibility index (Phi) is 5.82. The van der Waals surface area contributed by atoms with Crippen molar-refractivity contribution in [3.8, 4) is 5.75 Å². The number of halogens is 1. The molecule has 0 spiro atoms. The predicted molar refractivity (Wildman–Crippen MR) is 74.2 cm³/mol. The summed E-state index contributed by atoms with van der Waals surface area (Å²) in [7, 11) is 1.58. The maximum atomic E-state index is 11.5. The van der Waals surface area contributed by atoms with Gasteiger partial charge in [-0.25, -0.2) is 0 Å². The van der Waals surface area contributed by atoms with Gasteiger partial charge in [0.05, 0.1) is 7.11 Å². The molecule has 104 valence electrons. The van der Waals surface area contributed by atoms with Gasteiger partial charge in [0.1, 0.15) is 11.7 Å². The van der Waals surface area contributed by atoms with E-state index in [1.165, 1.54) is 6.92 Å². The molecule has 0 heterocycles. The van der Waals surface area contributed by atoms with E-state index < -0.39 is 17.8 Å². The fourth-order valence-corrected chi connectivity index (χ4v) is 1.94. The molecule has 0 aliphatic carbocycles. The van der Waals surface area contributed by atoms with Crippen molar-refractivity contribution in [3.63, 3.8) is 0 Å². The van der Waals surface area contributed by atoms with E-state index in [1.807, 2.05) is 18.2 Å². The molecule has 1 atom stereocenters. The molecule has 0 bridgehead atoms. The molecule has 6 heteroatoms. The first-order chi connectivity index (χ1) is 8.95. The normalized spacial score (nSPS) is 11.7. The fourth-order valence-electron chi connectivity index (χ4n) is 1.53. The van der Waals surface area contributed by atoms with Crippen LogP contribution >= 0.6 is 15.9 Å². The van der Waals surface area contributed by atoms with E-state index in [0.717, 1.165) is 15.8 Å². The first-order valence-corrected chi connectivity index (χ1v) is 6.58. The number of carbonyl (C=O) groups is 2. The number of nitrogens with one attached hydrogen (secondary N) is 1. The monoisotopic (exact) mass is 329 g/mol. The van der Waals surface area contributed by atoms with E-state index in [9.17, 15) is 9.59 Å². The lowest BCUT2D eigenvalue weighted by atomic mass is 10.1. The first kappa shape index (κ1) is 15.5. The Hall–Kier alpha value is -1.56. The number of carboxylic acids is 1. The quantitative estimate of drug-likeness (QED) is 0.781. The molecule has 1 aromatic carbocycles. The van der Waals surface area contributed by atoms with Crippen LogP contribution in [-0.4, -0.2) is 30.6 Å². The van der Waals surface area contributed by atoms with Crippen LogP contribution in [0.1, 0.15) is 12.5 Å². The molecule has 2 N–H and O–H groups in total. The second-order valence-electron chi connectivity index (χ2n) is 4.06. The highest BCUT2D eigenvalue weighted by Crippen LogP contribution is 2.23. The summed E-state index contributed by atoms with van der Waals surface area (Å²) in [6, 6.07) is 5.61. The van der Waals surface area contributed by atoms with Crippen LogP contribution in [0.3, 0.4) is 0 Å². The van der Waals surface area contributed by atoms with Gasteiger partial charge in [-0.1, -0.05) is 15.9 Å². The van der Waals surface area contributed by atoms with Gasteiger partial charge in [0.2, 0.25) is 5.91 Å². The highest BCUT2D eigenvalue weighted by atomic mass is 79.9. The average Bonchev–Trinajstić information content (AvgIpc) is 2.37. The Bertz CT molecular complexity index is 476. The molecule has 19 heavy (non-hydrogen) atoms. The molecule has 1 rings (SSSR count). The van der Waals surface area contributed by atoms with Crippen molar-refractivity contribution in [2.75, 3.05) is 13.7 Å². The van der Waals surface area contributed by atoms with Gasteiger partial charge in [-0.3, -0.25) is 9.59 Å². The van der Waals surface area contributed by atoms with E-state index in [1.54, 1.807) is 7.11 Å². The Labute approximate surface area is 120 Å². The molecule has 5 nitrogen and oxygen atoms in total. The summed E-state index contributed by atoms with van der Waals surface area (Å²) in [5.41, 5.74) is 0.945. The van der Waals surface area contributed by atoms with E-state index in [-0.39, 0.29) is 0 Å². The van der Waals surface area contributed by atoms with Crippen LogP contribution < -0.4 is 10.1 Å². The summed E-state index contributed by atoms with van der Waals surface area (Å²) in [6.07, 6.45) is 0.570. The van der Waals surface area contributed by atoms with E-state index in [4.69, 9.17) is 9.84 Å². The average molecular weight is 330 g/mol. The molecule has 0 saturated carbocycles. The van der Waals surface area contributed by atoms with E-state index >= 15 is 0 Å². The number of carbonyl (C=O) groups excluding carboxylic acids is 1. The van der Waals surface area contributed by atoms with E-state index in [0.29, 0.717) is 13.0 Å². The number of ether oxygens (including phenoxy) is 1. The standard InChI is InChI=1S/C13H16BrNO4/c1-8(13(17)18)12(16)15-6-5-9-7-10(14)3-4-11(9)19-2/h3-4,7-8H,5-6H2,1-2H3,(H,15,16)(H,17,18). The lowest BCUT2D eigenvalue weighted by Gasteiger charge is -2.11. The van der Waals surface area contributed by atoms with Crippen molar-refractivity contribution in [2.45, 2.75) is 13.3 Å². The van der Waals surface area contributed by atoms with Gasteiger partial charge in [-0.05, 0) is 37.1 Å². The van der Waals surface area contributed by atoms with E-state index in [2.05, 4.69) is 21.2 Å². The lowest BCUT2D eigenvalue weighted by Crippen LogP contribution is -2.34. The zero-order chi connectivity index (χ0) is 14.4. The minimum Gasteiger partial charge on any atom is -0.496 e. The van der Waals surface area contributed by atoms with Gasteiger partial charge in [-0.15, -0.1) is 0 Å². The van der Waals surface area contributed by atoms with Crippen LogP contribution in [0.2, 0.25) is 0 Å². The summed E-state index contributed by atoms with van der Waals surface area (Å²) in [4.78, 5) is 22.1. The largest absolute Gasteiger partial charge is 0.496 e. The van der Waals surface area contributed by atoms with Crippen molar-refractivity contribution >= 4 is 27.8 Å². The summed E-state index contributed by atoms with van der Waals surface area (Å²) >= 11 is 3.37. The molecule has 0 saturated heterocycles. The summed E-state index contributed by atoms with van der Waals surface area (Å²) in [6.45, 7) is 1.72. The van der Waals surface area contributed by atoms with Crippen LogP contribution in [0.4, 0.5) is 0 Å². The number of hydrogen-bond acceptors (Lipinski definition) is 3. The second-order valence-corrected chi connectivity index (χ2v) is 4.97. The second kappa shape index (κ2) is 7.13. The van der Waals surface area contributed by atoms with Crippen molar-refractivity contribution in [1.82, 2.24) is 5.32 Å². The molecule has 1 unspecified atom stereocenters. The molecule has 0 radical (unpaired) electrons. The number of hydrogen-bond donors (Lipinski definition) is 2. The summed E-state index contributed by atoms with van der Waals surface area (Å²) < 4.78 is 6.14. The minimum absolute atomic E-state index is 0.364. The lowest BCUT2D eigenvalue weighted by molar-refractivity contribution is -0.146. The number of benzene rings is 1. The van der Waals surface area contributed by atoms with Crippen LogP contribution in [0, 0.1) is 5.92 Å². The molecular formula is C13H16BrNO4. The topological polar surface area (TPSA) is 75.6 Å². The molecule has 0 aliphatic heterocycles. The Morgan fingerprint density at radius 2 is 2.16 bits per heavy atom. The smallest absolute Gasteiger partial charge is 0.315 e. The highest BCUT2D eigenvalue weighted by Gasteiger charge is 2.19. The Morgan fingerprint density at radius 3 is 2.74 bits per heavy atom. The van der Waals surface area contributed by atoms with Crippen LogP contribution in [0.15, 0.2) is 22.7 Å². The van der Waals surface area contributed by atoms with Gasteiger partial charge in [-0.2, -0.15) is 0 Å². The molecule has 1 amide bonds. The van der Waals surface area contributed by atoms with Crippen molar-refractivity contribution < 1.29 is 19.4 Å². The number of amides is 1. The third kappa shape index (κ3) is 4.55. The molecule has 1 aromatic rings. The highest BCUT2D eigenvalue weighted by molar-refractivity contribution is 9.10. The zero-order valence-electron chi connectivity index (χ0n) is 10.8. The van der Waals surface area contributed by atoms with Gasteiger partial charge in [0.15, 0.2) is 0 Å². The van der Waals surface area contributed by atoms with Crippen molar-refractivity contribution in [2.24, 2.45) is 5.92 Å². The number of carboxylic acid groups (broad SMARTS) is 1. The Balaban J connectivity index is 2.56. The minimum atomic E-state index is -1.13. The molecule has 0 aliphatic rings. The fraction of sp³-hybridized carbons (Fsp3) is 0.385. The van der Waals surface area contributed by atoms with Gasteiger partial charge in [0.25, 0.3) is 0 Å². The van der Waals surface area contributed by atoms with Crippen LogP contribution in [0.25, 0.3) is 0 Å². The third-order valence-corrected chi connectivity index (χ3v) is 3.19. The molecule has 0 aromatic heterocycles. The van der Waals surface area contributed by atoms with Crippen LogP contribution in [-0.2, 0) is 16.0 Å². The number of methoxy groups -OCH3 is 1. The molecular weight excluding hydrogens is 314 g/mol. The maximum absolute atomic E-state index is 11.5. The number of rotatable bonds is 6. The van der Waals surface area contributed by atoms with Crippen LogP contribution in [0.5, 0.6) is 5.75 Å². The first-order valence-electron chi connectivity index (χ1n) is 5.78. The van der Waals surface area contributed by atoms with Crippen molar-refractivity contribution in [3.05, 3.63) is 28.2 Å². The summed E-state index contributed by atoms with van der Waals surface area (Å²) in [5.74, 6) is -1.91. The SMILES string of the molecule is COc1ccc(Br)cc1CCNC(=O)C(C)C(=O)O. The third-order valence-electron chi connectivity index (χ3n) is 2.70. The van der Waals surface area contributed by atoms with Gasteiger partial charge < -0.3 is 15.2 Å². The Morgan fingerprint density at radius 1 is 1.47 bits per heavy atom. The zero-order valence-corrected chi connectivity index (χ0v) is 12.4. The summed E-state index contributed by atoms with van der Waals surface area (Å²) in [5, 5.41) is 11.3.